The lowest BCUT2D eigenvalue weighted by atomic mass is 10.0. The third-order valence-electron chi connectivity index (χ3n) is 3.43. The molecule has 0 radical (unpaired) electrons. The van der Waals surface area contributed by atoms with Crippen molar-refractivity contribution in [2.24, 2.45) is 0 Å². The van der Waals surface area contributed by atoms with Gasteiger partial charge in [0.05, 0.1) is 13.7 Å². The molecule has 1 aromatic rings. The molecule has 2 N–H and O–H groups in total. The van der Waals surface area contributed by atoms with Crippen LogP contribution in [0.5, 0.6) is 5.75 Å². The van der Waals surface area contributed by atoms with Gasteiger partial charge in [-0.15, -0.1) is 0 Å². The van der Waals surface area contributed by atoms with Gasteiger partial charge in [0.1, 0.15) is 5.75 Å². The van der Waals surface area contributed by atoms with Gasteiger partial charge in [-0.3, -0.25) is 0 Å². The number of methoxy groups -OCH3 is 2. The van der Waals surface area contributed by atoms with Gasteiger partial charge in [0.25, 0.3) is 0 Å². The lowest BCUT2D eigenvalue weighted by molar-refractivity contribution is 0.181. The molecule has 2 atom stereocenters. The van der Waals surface area contributed by atoms with Crippen LogP contribution in [0.1, 0.15) is 43.9 Å². The summed E-state index contributed by atoms with van der Waals surface area (Å²) in [6.07, 6.45) is 1.81. The fourth-order valence-corrected chi connectivity index (χ4v) is 2.34. The molecule has 0 bridgehead atoms. The first-order chi connectivity index (χ1) is 9.62. The Balaban J connectivity index is 2.72. The van der Waals surface area contributed by atoms with Crippen LogP contribution in [0.4, 0.5) is 0 Å². The molecular weight excluding hydrogens is 254 g/mol. The number of hydrogen-bond acceptors (Lipinski definition) is 4. The van der Waals surface area contributed by atoms with E-state index in [0.29, 0.717) is 12.6 Å². The zero-order chi connectivity index (χ0) is 15.0. The summed E-state index contributed by atoms with van der Waals surface area (Å²) in [5.74, 6) is 0.858. The molecule has 4 nitrogen and oxygen atoms in total. The van der Waals surface area contributed by atoms with Gasteiger partial charge in [-0.05, 0) is 44.4 Å². The second kappa shape index (κ2) is 8.95. The third kappa shape index (κ3) is 5.12. The zero-order valence-corrected chi connectivity index (χ0v) is 13.0. The molecule has 0 heterocycles. The van der Waals surface area contributed by atoms with E-state index >= 15 is 0 Å². The summed E-state index contributed by atoms with van der Waals surface area (Å²) in [6.45, 7) is 5.09. The Morgan fingerprint density at radius 3 is 2.60 bits per heavy atom. The van der Waals surface area contributed by atoms with Crippen molar-refractivity contribution < 1.29 is 14.6 Å². The molecule has 114 valence electrons. The number of aliphatic hydroxyl groups excluding tert-OH is 1. The van der Waals surface area contributed by atoms with E-state index in [9.17, 15) is 0 Å². The highest BCUT2D eigenvalue weighted by molar-refractivity contribution is 5.38. The van der Waals surface area contributed by atoms with E-state index in [1.54, 1.807) is 14.2 Å². The van der Waals surface area contributed by atoms with Crippen molar-refractivity contribution in [3.05, 3.63) is 29.3 Å². The highest BCUT2D eigenvalue weighted by atomic mass is 16.5. The molecule has 0 aliphatic heterocycles. The number of benzene rings is 1. The molecule has 0 saturated carbocycles. The minimum absolute atomic E-state index is 0.251. The van der Waals surface area contributed by atoms with Crippen molar-refractivity contribution in [3.63, 3.8) is 0 Å². The van der Waals surface area contributed by atoms with Crippen LogP contribution < -0.4 is 10.1 Å². The van der Waals surface area contributed by atoms with Crippen molar-refractivity contribution >= 4 is 0 Å². The molecule has 0 saturated heterocycles. The maximum Gasteiger partial charge on any atom is 0.124 e. The standard InChI is InChI=1S/C16H27NO3/c1-12(6-5-9-18)17-13(2)14-7-8-16(20-4)15(10-14)11-19-3/h7-8,10,12-13,17-18H,5-6,9,11H2,1-4H3. The molecule has 2 unspecified atom stereocenters. The summed E-state index contributed by atoms with van der Waals surface area (Å²) in [5.41, 5.74) is 2.28. The third-order valence-corrected chi connectivity index (χ3v) is 3.43. The predicted octanol–water partition coefficient (Wildman–Crippen LogP) is 2.65. The second-order valence-electron chi connectivity index (χ2n) is 5.16. The average molecular weight is 281 g/mol. The minimum Gasteiger partial charge on any atom is -0.496 e. The number of ether oxygens (including phenoxy) is 2. The zero-order valence-electron chi connectivity index (χ0n) is 13.0. The highest BCUT2D eigenvalue weighted by Gasteiger charge is 2.12. The Bertz CT molecular complexity index is 395. The predicted molar refractivity (Wildman–Crippen MR) is 81.0 cm³/mol. The van der Waals surface area contributed by atoms with E-state index in [1.165, 1.54) is 5.56 Å². The summed E-state index contributed by atoms with van der Waals surface area (Å²) in [7, 11) is 3.36. The second-order valence-corrected chi connectivity index (χ2v) is 5.16. The van der Waals surface area contributed by atoms with E-state index in [0.717, 1.165) is 24.2 Å². The van der Waals surface area contributed by atoms with E-state index in [1.807, 2.05) is 6.07 Å². The van der Waals surface area contributed by atoms with Crippen LogP contribution in [-0.4, -0.2) is 32.0 Å². The van der Waals surface area contributed by atoms with Crippen molar-refractivity contribution in [1.29, 1.82) is 0 Å². The van der Waals surface area contributed by atoms with Gasteiger partial charge >= 0.3 is 0 Å². The van der Waals surface area contributed by atoms with Crippen LogP contribution in [0, 0.1) is 0 Å². The summed E-state index contributed by atoms with van der Waals surface area (Å²) in [4.78, 5) is 0. The molecule has 1 aromatic carbocycles. The fourth-order valence-electron chi connectivity index (χ4n) is 2.34. The van der Waals surface area contributed by atoms with E-state index < -0.39 is 0 Å². The lowest BCUT2D eigenvalue weighted by Gasteiger charge is -2.21. The Kier molecular flexibility index (Phi) is 7.59. The van der Waals surface area contributed by atoms with Gasteiger partial charge < -0.3 is 19.9 Å². The first kappa shape index (κ1) is 17.0. The van der Waals surface area contributed by atoms with Gasteiger partial charge in [-0.25, -0.2) is 0 Å². The van der Waals surface area contributed by atoms with E-state index in [-0.39, 0.29) is 12.6 Å². The Morgan fingerprint density at radius 1 is 1.25 bits per heavy atom. The van der Waals surface area contributed by atoms with Crippen molar-refractivity contribution in [3.8, 4) is 5.75 Å². The summed E-state index contributed by atoms with van der Waals surface area (Å²) in [5, 5.41) is 12.4. The topological polar surface area (TPSA) is 50.7 Å². The maximum atomic E-state index is 8.86. The molecule has 0 spiro atoms. The maximum absolute atomic E-state index is 8.86. The van der Waals surface area contributed by atoms with Gasteiger partial charge in [0.2, 0.25) is 0 Å². The van der Waals surface area contributed by atoms with Crippen molar-refractivity contribution in [2.45, 2.75) is 45.4 Å². The normalized spacial score (nSPS) is 14.1. The molecule has 20 heavy (non-hydrogen) atoms. The van der Waals surface area contributed by atoms with Crippen LogP contribution in [0.2, 0.25) is 0 Å². The first-order valence-corrected chi connectivity index (χ1v) is 7.15. The molecule has 0 aliphatic rings. The summed E-state index contributed by atoms with van der Waals surface area (Å²) >= 11 is 0. The van der Waals surface area contributed by atoms with Crippen molar-refractivity contribution in [2.75, 3.05) is 20.8 Å². The molecule has 0 aromatic heterocycles. The lowest BCUT2D eigenvalue weighted by Crippen LogP contribution is -2.29. The molecule has 0 fully saturated rings. The first-order valence-electron chi connectivity index (χ1n) is 7.15. The number of nitrogens with one attached hydrogen (secondary N) is 1. The Labute approximate surface area is 122 Å². The number of rotatable bonds is 9. The number of hydrogen-bond donors (Lipinski definition) is 2. The summed E-state index contributed by atoms with van der Waals surface area (Å²) < 4.78 is 10.5. The highest BCUT2D eigenvalue weighted by Crippen LogP contribution is 2.24. The van der Waals surface area contributed by atoms with Crippen LogP contribution in [0.3, 0.4) is 0 Å². The van der Waals surface area contributed by atoms with Gasteiger partial charge in [-0.1, -0.05) is 6.07 Å². The smallest absolute Gasteiger partial charge is 0.124 e. The monoisotopic (exact) mass is 281 g/mol. The quantitative estimate of drug-likeness (QED) is 0.730. The van der Waals surface area contributed by atoms with Gasteiger partial charge in [0, 0.05) is 31.4 Å². The minimum atomic E-state index is 0.251. The van der Waals surface area contributed by atoms with Crippen LogP contribution >= 0.6 is 0 Å². The Hall–Kier alpha value is -1.10. The summed E-state index contributed by atoms with van der Waals surface area (Å²) in [6, 6.07) is 6.82. The van der Waals surface area contributed by atoms with E-state index in [4.69, 9.17) is 14.6 Å². The van der Waals surface area contributed by atoms with Gasteiger partial charge in [-0.2, -0.15) is 0 Å². The van der Waals surface area contributed by atoms with Crippen molar-refractivity contribution in [1.82, 2.24) is 5.32 Å². The average Bonchev–Trinajstić information content (AvgIpc) is 2.45. The molecular formula is C16H27NO3. The van der Waals surface area contributed by atoms with Crippen LogP contribution in [0.15, 0.2) is 18.2 Å². The molecule has 1 rings (SSSR count). The largest absolute Gasteiger partial charge is 0.496 e. The SMILES string of the molecule is COCc1cc(C(C)NC(C)CCCO)ccc1OC. The fraction of sp³-hybridized carbons (Fsp3) is 0.625. The molecule has 0 amide bonds. The Morgan fingerprint density at radius 2 is 2.00 bits per heavy atom. The van der Waals surface area contributed by atoms with Gasteiger partial charge in [0.15, 0.2) is 0 Å². The number of aliphatic hydroxyl groups is 1. The van der Waals surface area contributed by atoms with Crippen LogP contribution in [0.25, 0.3) is 0 Å². The van der Waals surface area contributed by atoms with Crippen LogP contribution in [-0.2, 0) is 11.3 Å². The van der Waals surface area contributed by atoms with E-state index in [2.05, 4.69) is 31.3 Å². The molecule has 4 heteroatoms. The molecule has 0 aliphatic carbocycles.